The summed E-state index contributed by atoms with van der Waals surface area (Å²) < 4.78 is 29.5. The van der Waals surface area contributed by atoms with E-state index in [0.29, 0.717) is 31.3 Å². The average molecular weight is 770 g/mol. The van der Waals surface area contributed by atoms with Gasteiger partial charge in [0.15, 0.2) is 6.29 Å². The summed E-state index contributed by atoms with van der Waals surface area (Å²) >= 11 is 0. The van der Waals surface area contributed by atoms with Gasteiger partial charge >= 0.3 is 12.1 Å². The van der Waals surface area contributed by atoms with Crippen LogP contribution in [0.4, 0.5) is 4.79 Å². The van der Waals surface area contributed by atoms with E-state index in [0.717, 1.165) is 84.1 Å². The van der Waals surface area contributed by atoms with Gasteiger partial charge in [-0.15, -0.1) is 0 Å². The second-order valence-corrected chi connectivity index (χ2v) is 16.0. The minimum Gasteiger partial charge on any atom is -0.466 e. The smallest absolute Gasteiger partial charge is 0.466 e. The summed E-state index contributed by atoms with van der Waals surface area (Å²) in [6, 6.07) is 0. The van der Waals surface area contributed by atoms with E-state index in [-0.39, 0.29) is 25.0 Å². The first kappa shape index (κ1) is 52.6. The predicted molar refractivity (Wildman–Crippen MR) is 226 cm³/mol. The van der Waals surface area contributed by atoms with Gasteiger partial charge in [-0.2, -0.15) is 0 Å². The maximum atomic E-state index is 12.6. The largest absolute Gasteiger partial charge is 0.508 e. The Bertz CT molecular complexity index is 780. The molecular formula is C46H91NO7. The van der Waals surface area contributed by atoms with E-state index in [9.17, 15) is 9.59 Å². The molecule has 0 amide bonds. The SMILES string of the molecule is CCCCCCCCCCCCC(CCOC(=O)CCCCCCC(OCC(CCC)CCC)OCC(CCC)CCC)OC(=O)OCCCN(C)CC. The van der Waals surface area contributed by atoms with E-state index < -0.39 is 6.16 Å². The van der Waals surface area contributed by atoms with E-state index in [4.69, 9.17) is 23.7 Å². The molecule has 0 heterocycles. The number of carbonyl (C=O) groups excluding carboxylic acids is 2. The van der Waals surface area contributed by atoms with Crippen LogP contribution in [0.3, 0.4) is 0 Å². The fourth-order valence-corrected chi connectivity index (χ4v) is 7.21. The van der Waals surface area contributed by atoms with Crippen LogP contribution in [-0.2, 0) is 28.5 Å². The van der Waals surface area contributed by atoms with Crippen molar-refractivity contribution in [3.63, 3.8) is 0 Å². The van der Waals surface area contributed by atoms with Crippen LogP contribution < -0.4 is 0 Å². The van der Waals surface area contributed by atoms with Crippen molar-refractivity contribution >= 4 is 12.1 Å². The van der Waals surface area contributed by atoms with E-state index in [2.05, 4.69) is 53.5 Å². The number of carbonyl (C=O) groups is 2. The molecule has 0 aliphatic carbocycles. The van der Waals surface area contributed by atoms with Crippen molar-refractivity contribution in [2.24, 2.45) is 11.8 Å². The number of unbranched alkanes of at least 4 members (excludes halogenated alkanes) is 12. The third-order valence-electron chi connectivity index (χ3n) is 10.7. The van der Waals surface area contributed by atoms with E-state index in [1.807, 2.05) is 0 Å². The number of nitrogens with zero attached hydrogens (tertiary/aromatic N) is 1. The molecule has 0 aliphatic rings. The lowest BCUT2D eigenvalue weighted by atomic mass is 9.99. The average Bonchev–Trinajstić information content (AvgIpc) is 3.16. The molecule has 0 rings (SSSR count). The molecule has 0 radical (unpaired) electrons. The fourth-order valence-electron chi connectivity index (χ4n) is 7.21. The molecule has 1 atom stereocenters. The zero-order chi connectivity index (χ0) is 39.9. The van der Waals surface area contributed by atoms with Crippen molar-refractivity contribution in [3.05, 3.63) is 0 Å². The molecular weight excluding hydrogens is 679 g/mol. The lowest BCUT2D eigenvalue weighted by Gasteiger charge is -2.25. The molecule has 0 aromatic rings. The van der Waals surface area contributed by atoms with Crippen molar-refractivity contribution in [2.75, 3.05) is 46.6 Å². The summed E-state index contributed by atoms with van der Waals surface area (Å²) in [5.74, 6) is 1.05. The molecule has 0 fully saturated rings. The summed E-state index contributed by atoms with van der Waals surface area (Å²) in [6.45, 7) is 17.4. The van der Waals surface area contributed by atoms with Gasteiger partial charge in [0, 0.05) is 19.4 Å². The Balaban J connectivity index is 4.63. The maximum Gasteiger partial charge on any atom is 0.508 e. The lowest BCUT2D eigenvalue weighted by molar-refractivity contribution is -0.162. The highest BCUT2D eigenvalue weighted by atomic mass is 16.7. The molecule has 54 heavy (non-hydrogen) atoms. The normalized spacial score (nSPS) is 12.4. The molecule has 0 bridgehead atoms. The Hall–Kier alpha value is -1.38. The third-order valence-corrected chi connectivity index (χ3v) is 10.7. The summed E-state index contributed by atoms with van der Waals surface area (Å²) in [7, 11) is 2.06. The molecule has 0 aliphatic heterocycles. The van der Waals surface area contributed by atoms with Crippen molar-refractivity contribution in [3.8, 4) is 0 Å². The number of hydrogen-bond donors (Lipinski definition) is 0. The van der Waals surface area contributed by atoms with E-state index in [1.54, 1.807) is 0 Å². The maximum absolute atomic E-state index is 12.6. The zero-order valence-corrected chi connectivity index (χ0v) is 36.9. The summed E-state index contributed by atoms with van der Waals surface area (Å²) in [5, 5.41) is 0. The van der Waals surface area contributed by atoms with Gasteiger partial charge in [-0.25, -0.2) is 4.79 Å². The first-order valence-electron chi connectivity index (χ1n) is 23.2. The monoisotopic (exact) mass is 770 g/mol. The van der Waals surface area contributed by atoms with Crippen LogP contribution in [0.15, 0.2) is 0 Å². The summed E-state index contributed by atoms with van der Waals surface area (Å²) in [6.07, 6.45) is 28.4. The number of hydrogen-bond acceptors (Lipinski definition) is 8. The molecule has 0 spiro atoms. The molecule has 0 saturated heterocycles. The molecule has 8 heteroatoms. The van der Waals surface area contributed by atoms with Crippen LogP contribution in [-0.4, -0.2) is 76.0 Å². The van der Waals surface area contributed by atoms with E-state index >= 15 is 0 Å². The minimum absolute atomic E-state index is 0.141. The zero-order valence-electron chi connectivity index (χ0n) is 36.9. The van der Waals surface area contributed by atoms with Crippen molar-refractivity contribution in [1.29, 1.82) is 0 Å². The molecule has 0 aromatic carbocycles. The molecule has 0 saturated carbocycles. The third kappa shape index (κ3) is 33.9. The predicted octanol–water partition coefficient (Wildman–Crippen LogP) is 13.2. The number of esters is 1. The standard InChI is InChI=1S/C46H91NO7/c1-8-14-15-16-17-18-19-20-21-24-32-43(54-46(49)51-37-27-36-47(7)13-6)35-38-50-44(48)33-25-22-23-26-34-45(52-39-41(28-9-2)29-10-3)53-40-42(30-11-4)31-12-5/h41-43,45H,8-40H2,1-7H3. The van der Waals surface area contributed by atoms with Crippen LogP contribution in [0.1, 0.15) is 215 Å². The second kappa shape index (κ2) is 39.8. The first-order valence-corrected chi connectivity index (χ1v) is 23.2. The van der Waals surface area contributed by atoms with Crippen molar-refractivity contribution in [1.82, 2.24) is 4.90 Å². The minimum atomic E-state index is -0.612. The topological polar surface area (TPSA) is 83.5 Å². The highest BCUT2D eigenvalue weighted by Gasteiger charge is 2.18. The van der Waals surface area contributed by atoms with Gasteiger partial charge < -0.3 is 28.6 Å². The van der Waals surface area contributed by atoms with Gasteiger partial charge in [0.1, 0.15) is 6.10 Å². The molecule has 322 valence electrons. The molecule has 8 nitrogen and oxygen atoms in total. The molecule has 1 unspecified atom stereocenters. The van der Waals surface area contributed by atoms with Gasteiger partial charge in [-0.1, -0.05) is 138 Å². The fraction of sp³-hybridized carbons (Fsp3) is 0.957. The Morgan fingerprint density at radius 3 is 1.52 bits per heavy atom. The van der Waals surface area contributed by atoms with Crippen LogP contribution in [0.2, 0.25) is 0 Å². The van der Waals surface area contributed by atoms with Gasteiger partial charge in [-0.3, -0.25) is 4.79 Å². The quantitative estimate of drug-likeness (QED) is 0.0345. The van der Waals surface area contributed by atoms with Crippen LogP contribution in [0.5, 0.6) is 0 Å². The van der Waals surface area contributed by atoms with E-state index in [1.165, 1.54) is 103 Å². The second-order valence-electron chi connectivity index (χ2n) is 16.0. The molecule has 0 N–H and O–H groups in total. The lowest BCUT2D eigenvalue weighted by Crippen LogP contribution is -2.24. The van der Waals surface area contributed by atoms with Gasteiger partial charge in [0.2, 0.25) is 0 Å². The Morgan fingerprint density at radius 1 is 0.500 bits per heavy atom. The van der Waals surface area contributed by atoms with Crippen molar-refractivity contribution < 1.29 is 33.3 Å². The summed E-state index contributed by atoms with van der Waals surface area (Å²) in [4.78, 5) is 27.3. The Kier molecular flexibility index (Phi) is 38.8. The van der Waals surface area contributed by atoms with Crippen LogP contribution >= 0.6 is 0 Å². The summed E-state index contributed by atoms with van der Waals surface area (Å²) in [5.41, 5.74) is 0. The highest BCUT2D eigenvalue weighted by Crippen LogP contribution is 2.21. The number of ether oxygens (including phenoxy) is 5. The Morgan fingerprint density at radius 2 is 1.00 bits per heavy atom. The van der Waals surface area contributed by atoms with Gasteiger partial charge in [0.25, 0.3) is 0 Å². The first-order chi connectivity index (χ1) is 26.3. The highest BCUT2D eigenvalue weighted by molar-refractivity contribution is 5.69. The Labute approximate surface area is 335 Å². The number of rotatable bonds is 41. The van der Waals surface area contributed by atoms with Crippen LogP contribution in [0.25, 0.3) is 0 Å². The van der Waals surface area contributed by atoms with Crippen molar-refractivity contribution in [2.45, 2.75) is 227 Å². The van der Waals surface area contributed by atoms with Gasteiger partial charge in [0.05, 0.1) is 26.4 Å². The molecule has 0 aromatic heterocycles. The van der Waals surface area contributed by atoms with Gasteiger partial charge in [-0.05, 0) is 89.6 Å². The van der Waals surface area contributed by atoms with Crippen LogP contribution in [0, 0.1) is 11.8 Å².